The second-order valence-electron chi connectivity index (χ2n) is 8.29. The summed E-state index contributed by atoms with van der Waals surface area (Å²) >= 11 is 5.97. The lowest BCUT2D eigenvalue weighted by atomic mass is 9.97. The molecule has 0 spiro atoms. The molecule has 2 aromatic carbocycles. The van der Waals surface area contributed by atoms with E-state index in [1.807, 2.05) is 49.9 Å². The minimum absolute atomic E-state index is 0.0287. The minimum Gasteiger partial charge on any atom is -0.508 e. The molecule has 5 nitrogen and oxygen atoms in total. The quantitative estimate of drug-likeness (QED) is 0.554. The molecule has 2 rings (SSSR count). The highest BCUT2D eigenvalue weighted by molar-refractivity contribution is 6.30. The lowest BCUT2D eigenvalue weighted by Gasteiger charge is -2.30. The van der Waals surface area contributed by atoms with E-state index in [-0.39, 0.29) is 29.9 Å². The molecule has 0 saturated carbocycles. The third-order valence-corrected chi connectivity index (χ3v) is 5.77. The molecule has 0 saturated heterocycles. The highest BCUT2D eigenvalue weighted by Crippen LogP contribution is 2.22. The smallest absolute Gasteiger partial charge is 0.245 e. The number of hydrogen-bond donors (Lipinski definition) is 2. The summed E-state index contributed by atoms with van der Waals surface area (Å²) in [5.74, 6) is 0.161. The Bertz CT molecular complexity index is 850. The fourth-order valence-electron chi connectivity index (χ4n) is 3.47. The number of carbonyl (C=O) groups excluding carboxylic acids is 2. The Labute approximate surface area is 190 Å². The van der Waals surface area contributed by atoms with Gasteiger partial charge < -0.3 is 15.3 Å². The largest absolute Gasteiger partial charge is 0.508 e. The first-order chi connectivity index (χ1) is 14.7. The molecule has 0 fully saturated rings. The van der Waals surface area contributed by atoms with Crippen molar-refractivity contribution < 1.29 is 14.7 Å². The summed E-state index contributed by atoms with van der Waals surface area (Å²) in [5, 5.41) is 13.0. The Kier molecular flexibility index (Phi) is 9.38. The predicted octanol–water partition coefficient (Wildman–Crippen LogP) is 4.77. The average Bonchev–Trinajstić information content (AvgIpc) is 2.74. The van der Waals surface area contributed by atoms with Crippen molar-refractivity contribution in [1.29, 1.82) is 0 Å². The van der Waals surface area contributed by atoms with E-state index >= 15 is 0 Å². The number of amides is 2. The molecule has 0 bridgehead atoms. The van der Waals surface area contributed by atoms with E-state index in [1.165, 1.54) is 5.56 Å². The molecule has 0 radical (unpaired) electrons. The fraction of sp³-hybridized carbons (Fsp3) is 0.440. The number of phenols is 1. The maximum atomic E-state index is 13.2. The van der Waals surface area contributed by atoms with Gasteiger partial charge in [-0.3, -0.25) is 9.59 Å². The third kappa shape index (κ3) is 7.59. The SMILES string of the molecule is CCN(CCC(C)c1ccc(Cl)cc1)C(=O)[C@H](NC(=O)Cc1ccc(O)cc1)C(C)C. The predicted molar refractivity (Wildman–Crippen MR) is 125 cm³/mol. The molecule has 2 N–H and O–H groups in total. The average molecular weight is 445 g/mol. The van der Waals surface area contributed by atoms with Crippen molar-refractivity contribution in [3.63, 3.8) is 0 Å². The van der Waals surface area contributed by atoms with E-state index in [1.54, 1.807) is 24.3 Å². The highest BCUT2D eigenvalue weighted by atomic mass is 35.5. The lowest BCUT2D eigenvalue weighted by Crippen LogP contribution is -2.51. The van der Waals surface area contributed by atoms with Gasteiger partial charge in [0.2, 0.25) is 11.8 Å². The summed E-state index contributed by atoms with van der Waals surface area (Å²) in [6.07, 6.45) is 0.990. The third-order valence-electron chi connectivity index (χ3n) is 5.51. The summed E-state index contributed by atoms with van der Waals surface area (Å²) in [6, 6.07) is 13.7. The van der Waals surface area contributed by atoms with Gasteiger partial charge in [-0.1, -0.05) is 56.6 Å². The number of phenolic OH excluding ortho intramolecular Hbond substituents is 1. The van der Waals surface area contributed by atoms with Crippen LogP contribution in [0.15, 0.2) is 48.5 Å². The van der Waals surface area contributed by atoms with Gasteiger partial charge >= 0.3 is 0 Å². The molecule has 0 aliphatic rings. The van der Waals surface area contributed by atoms with Crippen molar-refractivity contribution >= 4 is 23.4 Å². The Morgan fingerprint density at radius 3 is 2.19 bits per heavy atom. The second kappa shape index (κ2) is 11.8. The summed E-state index contributed by atoms with van der Waals surface area (Å²) in [4.78, 5) is 27.6. The van der Waals surface area contributed by atoms with E-state index in [9.17, 15) is 14.7 Å². The second-order valence-corrected chi connectivity index (χ2v) is 8.73. The van der Waals surface area contributed by atoms with Crippen LogP contribution < -0.4 is 5.32 Å². The van der Waals surface area contributed by atoms with E-state index < -0.39 is 6.04 Å². The number of carbonyl (C=O) groups is 2. The van der Waals surface area contributed by atoms with Crippen molar-refractivity contribution in [1.82, 2.24) is 10.2 Å². The van der Waals surface area contributed by atoms with Gasteiger partial charge in [-0.25, -0.2) is 0 Å². The Morgan fingerprint density at radius 1 is 1.03 bits per heavy atom. The van der Waals surface area contributed by atoms with E-state index in [2.05, 4.69) is 12.2 Å². The van der Waals surface area contributed by atoms with Crippen molar-refractivity contribution in [2.75, 3.05) is 13.1 Å². The number of nitrogens with zero attached hydrogens (tertiary/aromatic N) is 1. The number of nitrogens with one attached hydrogen (secondary N) is 1. The van der Waals surface area contributed by atoms with E-state index in [0.717, 1.165) is 12.0 Å². The molecule has 0 heterocycles. The zero-order valence-corrected chi connectivity index (χ0v) is 19.5. The molecule has 1 unspecified atom stereocenters. The summed E-state index contributed by atoms with van der Waals surface area (Å²) in [5.41, 5.74) is 1.98. The Hall–Kier alpha value is -2.53. The monoisotopic (exact) mass is 444 g/mol. The van der Waals surface area contributed by atoms with Crippen LogP contribution in [0.5, 0.6) is 5.75 Å². The minimum atomic E-state index is -0.574. The van der Waals surface area contributed by atoms with Crippen LogP contribution in [-0.4, -0.2) is 41.0 Å². The molecule has 0 aliphatic heterocycles. The van der Waals surface area contributed by atoms with E-state index in [0.29, 0.717) is 24.0 Å². The molecule has 168 valence electrons. The van der Waals surface area contributed by atoms with Crippen LogP contribution >= 0.6 is 11.6 Å². The van der Waals surface area contributed by atoms with Crippen LogP contribution in [-0.2, 0) is 16.0 Å². The zero-order chi connectivity index (χ0) is 23.0. The van der Waals surface area contributed by atoms with Gasteiger partial charge in [-0.15, -0.1) is 0 Å². The van der Waals surface area contributed by atoms with Gasteiger partial charge in [0, 0.05) is 18.1 Å². The number of halogens is 1. The standard InChI is InChI=1S/C25H33ClN2O3/c1-5-28(15-14-18(4)20-8-10-21(26)11-9-20)25(31)24(17(2)3)27-23(30)16-19-6-12-22(29)13-7-19/h6-13,17-18,24,29H,5,14-16H2,1-4H3,(H,27,30)/t18?,24-/m1/s1. The number of benzene rings is 2. The molecule has 0 aliphatic carbocycles. The van der Waals surface area contributed by atoms with Crippen LogP contribution in [0, 0.1) is 5.92 Å². The Morgan fingerprint density at radius 2 is 1.65 bits per heavy atom. The first kappa shape index (κ1) is 24.7. The van der Waals surface area contributed by atoms with Gasteiger partial charge in [0.1, 0.15) is 11.8 Å². The number of rotatable bonds is 10. The fourth-order valence-corrected chi connectivity index (χ4v) is 3.59. The molecule has 2 aromatic rings. The number of likely N-dealkylation sites (N-methyl/N-ethyl adjacent to an activating group) is 1. The van der Waals surface area contributed by atoms with Crippen molar-refractivity contribution in [3.05, 3.63) is 64.7 Å². The van der Waals surface area contributed by atoms with Crippen molar-refractivity contribution in [2.45, 2.75) is 52.5 Å². The summed E-state index contributed by atoms with van der Waals surface area (Å²) < 4.78 is 0. The van der Waals surface area contributed by atoms with Crippen LogP contribution in [0.25, 0.3) is 0 Å². The van der Waals surface area contributed by atoms with E-state index in [4.69, 9.17) is 11.6 Å². The van der Waals surface area contributed by atoms with Crippen LogP contribution in [0.4, 0.5) is 0 Å². The van der Waals surface area contributed by atoms with Gasteiger partial charge in [-0.05, 0) is 60.6 Å². The normalized spacial score (nSPS) is 13.0. The number of hydrogen-bond acceptors (Lipinski definition) is 3. The molecule has 0 aromatic heterocycles. The van der Waals surface area contributed by atoms with Crippen LogP contribution in [0.1, 0.15) is 51.2 Å². The number of aromatic hydroxyl groups is 1. The maximum Gasteiger partial charge on any atom is 0.245 e. The maximum absolute atomic E-state index is 13.2. The molecule has 2 atom stereocenters. The molecular formula is C25H33ClN2O3. The topological polar surface area (TPSA) is 69.6 Å². The Balaban J connectivity index is 1.97. The van der Waals surface area contributed by atoms with Gasteiger partial charge in [0.25, 0.3) is 0 Å². The van der Waals surface area contributed by atoms with Gasteiger partial charge in [-0.2, -0.15) is 0 Å². The lowest BCUT2D eigenvalue weighted by molar-refractivity contribution is -0.137. The first-order valence-corrected chi connectivity index (χ1v) is 11.2. The summed E-state index contributed by atoms with van der Waals surface area (Å²) in [7, 11) is 0. The first-order valence-electron chi connectivity index (χ1n) is 10.8. The zero-order valence-electron chi connectivity index (χ0n) is 18.8. The van der Waals surface area contributed by atoms with Crippen LogP contribution in [0.3, 0.4) is 0 Å². The molecule has 2 amide bonds. The summed E-state index contributed by atoms with van der Waals surface area (Å²) in [6.45, 7) is 9.18. The van der Waals surface area contributed by atoms with Crippen molar-refractivity contribution in [2.24, 2.45) is 5.92 Å². The molecule has 31 heavy (non-hydrogen) atoms. The highest BCUT2D eigenvalue weighted by Gasteiger charge is 2.28. The van der Waals surface area contributed by atoms with Crippen molar-refractivity contribution in [3.8, 4) is 5.75 Å². The van der Waals surface area contributed by atoms with Crippen LogP contribution in [0.2, 0.25) is 5.02 Å². The molecule has 6 heteroatoms. The molecular weight excluding hydrogens is 412 g/mol. The van der Waals surface area contributed by atoms with Gasteiger partial charge in [0.15, 0.2) is 0 Å². The van der Waals surface area contributed by atoms with Gasteiger partial charge in [0.05, 0.1) is 6.42 Å².